The molecule has 1 aromatic carbocycles. The fourth-order valence-corrected chi connectivity index (χ4v) is 3.52. The topological polar surface area (TPSA) is 47.0 Å². The highest BCUT2D eigenvalue weighted by Gasteiger charge is 2.25. The minimum absolute atomic E-state index is 0.188. The van der Waals surface area contributed by atoms with Crippen LogP contribution in [0.5, 0.6) is 0 Å². The number of benzene rings is 1. The largest absolute Gasteiger partial charge is 0.390 e. The van der Waals surface area contributed by atoms with Crippen LogP contribution in [0.2, 0.25) is 0 Å². The van der Waals surface area contributed by atoms with Crippen molar-refractivity contribution in [2.45, 2.75) is 25.9 Å². The van der Waals surface area contributed by atoms with Crippen LogP contribution in [0.15, 0.2) is 24.3 Å². The number of hydrogen-bond donors (Lipinski definition) is 1. The number of amides is 1. The zero-order chi connectivity index (χ0) is 16.2. The van der Waals surface area contributed by atoms with Gasteiger partial charge in [-0.1, -0.05) is 12.1 Å². The minimum atomic E-state index is -0.442. The Morgan fingerprint density at radius 2 is 1.91 bits per heavy atom. The van der Waals surface area contributed by atoms with Crippen LogP contribution in [0.1, 0.15) is 18.4 Å². The van der Waals surface area contributed by atoms with Crippen molar-refractivity contribution in [3.8, 4) is 0 Å². The molecule has 0 aromatic heterocycles. The average molecular weight is 317 g/mol. The summed E-state index contributed by atoms with van der Waals surface area (Å²) >= 11 is 0. The number of anilines is 1. The van der Waals surface area contributed by atoms with Gasteiger partial charge in [-0.15, -0.1) is 0 Å². The first-order valence-electron chi connectivity index (χ1n) is 8.61. The molecule has 5 nitrogen and oxygen atoms in total. The Morgan fingerprint density at radius 1 is 1.13 bits per heavy atom. The fraction of sp³-hybridized carbons (Fsp3) is 0.611. The first-order valence-corrected chi connectivity index (χ1v) is 8.61. The van der Waals surface area contributed by atoms with Crippen molar-refractivity contribution >= 4 is 11.6 Å². The number of hydrogen-bond acceptors (Lipinski definition) is 4. The highest BCUT2D eigenvalue weighted by Crippen LogP contribution is 2.18. The molecule has 1 atom stereocenters. The molecule has 3 rings (SSSR count). The third kappa shape index (κ3) is 4.24. The molecule has 0 aliphatic carbocycles. The summed E-state index contributed by atoms with van der Waals surface area (Å²) in [5.41, 5.74) is 2.57. The maximum Gasteiger partial charge on any atom is 0.222 e. The van der Waals surface area contributed by atoms with Gasteiger partial charge in [-0.05, 0) is 31.0 Å². The lowest BCUT2D eigenvalue weighted by Crippen LogP contribution is -2.50. The van der Waals surface area contributed by atoms with Gasteiger partial charge in [-0.2, -0.15) is 0 Å². The Morgan fingerprint density at radius 3 is 2.57 bits per heavy atom. The van der Waals surface area contributed by atoms with Crippen LogP contribution in [-0.2, 0) is 4.79 Å². The number of aliphatic hydroxyl groups is 1. The van der Waals surface area contributed by atoms with Gasteiger partial charge in [-0.3, -0.25) is 9.69 Å². The number of aryl methyl sites for hydroxylation is 1. The van der Waals surface area contributed by atoms with Crippen LogP contribution in [0.25, 0.3) is 0 Å². The van der Waals surface area contributed by atoms with E-state index in [9.17, 15) is 9.90 Å². The van der Waals surface area contributed by atoms with Gasteiger partial charge in [-0.25, -0.2) is 0 Å². The fourth-order valence-electron chi connectivity index (χ4n) is 3.52. The van der Waals surface area contributed by atoms with Crippen molar-refractivity contribution < 1.29 is 9.90 Å². The summed E-state index contributed by atoms with van der Waals surface area (Å²) in [7, 11) is 0. The number of aliphatic hydroxyl groups excluding tert-OH is 1. The molecule has 1 aromatic rings. The Kier molecular flexibility index (Phi) is 5.18. The third-order valence-electron chi connectivity index (χ3n) is 4.81. The lowest BCUT2D eigenvalue weighted by molar-refractivity contribution is -0.129. The molecule has 126 valence electrons. The second-order valence-electron chi connectivity index (χ2n) is 6.72. The zero-order valence-electron chi connectivity index (χ0n) is 13.9. The lowest BCUT2D eigenvalue weighted by atomic mass is 10.2. The predicted octanol–water partition coefficient (Wildman–Crippen LogP) is 1.10. The summed E-state index contributed by atoms with van der Waals surface area (Å²) in [6.07, 6.45) is 1.13. The summed E-state index contributed by atoms with van der Waals surface area (Å²) in [5, 5.41) is 10.2. The van der Waals surface area contributed by atoms with E-state index in [0.717, 1.165) is 39.1 Å². The first-order chi connectivity index (χ1) is 11.1. The Hall–Kier alpha value is -1.59. The summed E-state index contributed by atoms with van der Waals surface area (Å²) in [6.45, 7) is 7.95. The Balaban J connectivity index is 1.44. The quantitative estimate of drug-likeness (QED) is 0.883. The van der Waals surface area contributed by atoms with Crippen LogP contribution in [0.4, 0.5) is 5.69 Å². The van der Waals surface area contributed by atoms with E-state index in [-0.39, 0.29) is 5.91 Å². The average Bonchev–Trinajstić information content (AvgIpc) is 2.93. The molecule has 2 fully saturated rings. The standard InChI is InChI=1S/C18H27N3O2/c1-15-4-2-5-16(12-15)20-10-8-19(9-11-20)13-17(22)14-21-7-3-6-18(21)23/h2,4-5,12,17,22H,3,6-11,13-14H2,1H3. The Bertz CT molecular complexity index is 541. The smallest absolute Gasteiger partial charge is 0.222 e. The van der Waals surface area contributed by atoms with E-state index in [1.807, 2.05) is 0 Å². The van der Waals surface area contributed by atoms with Crippen LogP contribution >= 0.6 is 0 Å². The minimum Gasteiger partial charge on any atom is -0.390 e. The summed E-state index contributed by atoms with van der Waals surface area (Å²) in [5.74, 6) is 0.188. The summed E-state index contributed by atoms with van der Waals surface area (Å²) < 4.78 is 0. The molecule has 5 heteroatoms. The first kappa shape index (κ1) is 16.3. The van der Waals surface area contributed by atoms with Gasteiger partial charge >= 0.3 is 0 Å². The van der Waals surface area contributed by atoms with E-state index in [0.29, 0.717) is 19.5 Å². The van der Waals surface area contributed by atoms with Crippen LogP contribution in [0, 0.1) is 6.92 Å². The predicted molar refractivity (Wildman–Crippen MR) is 91.7 cm³/mol. The van der Waals surface area contributed by atoms with E-state index < -0.39 is 6.10 Å². The number of carbonyl (C=O) groups is 1. The van der Waals surface area contributed by atoms with Crippen molar-refractivity contribution in [1.29, 1.82) is 0 Å². The SMILES string of the molecule is Cc1cccc(N2CCN(CC(O)CN3CCCC3=O)CC2)c1. The van der Waals surface area contributed by atoms with E-state index in [2.05, 4.69) is 41.0 Å². The monoisotopic (exact) mass is 317 g/mol. The maximum absolute atomic E-state index is 11.6. The molecule has 1 unspecified atom stereocenters. The number of β-amino-alcohol motifs (C(OH)–C–C–N with tert-alkyl or cyclic N) is 1. The van der Waals surface area contributed by atoms with Crippen molar-refractivity contribution in [3.63, 3.8) is 0 Å². The molecule has 2 saturated heterocycles. The number of likely N-dealkylation sites (tertiary alicyclic amines) is 1. The molecular formula is C18H27N3O2. The highest BCUT2D eigenvalue weighted by molar-refractivity contribution is 5.78. The van der Waals surface area contributed by atoms with Gasteiger partial charge < -0.3 is 14.9 Å². The van der Waals surface area contributed by atoms with Crippen molar-refractivity contribution in [1.82, 2.24) is 9.80 Å². The molecule has 1 N–H and O–H groups in total. The number of nitrogens with zero attached hydrogens (tertiary/aromatic N) is 3. The Labute approximate surface area is 138 Å². The normalized spacial score (nSPS) is 21.0. The highest BCUT2D eigenvalue weighted by atomic mass is 16.3. The molecule has 0 saturated carbocycles. The molecule has 2 heterocycles. The molecule has 23 heavy (non-hydrogen) atoms. The molecule has 0 bridgehead atoms. The number of rotatable bonds is 5. The third-order valence-corrected chi connectivity index (χ3v) is 4.81. The van der Waals surface area contributed by atoms with Crippen molar-refractivity contribution in [2.24, 2.45) is 0 Å². The van der Waals surface area contributed by atoms with Gasteiger partial charge in [0.1, 0.15) is 0 Å². The van der Waals surface area contributed by atoms with Gasteiger partial charge in [0.2, 0.25) is 5.91 Å². The number of carbonyl (C=O) groups excluding carboxylic acids is 1. The van der Waals surface area contributed by atoms with Gasteiger partial charge in [0.05, 0.1) is 6.10 Å². The second kappa shape index (κ2) is 7.32. The maximum atomic E-state index is 11.6. The van der Waals surface area contributed by atoms with Crippen molar-refractivity contribution in [2.75, 3.05) is 50.7 Å². The van der Waals surface area contributed by atoms with Crippen LogP contribution < -0.4 is 4.90 Å². The molecule has 2 aliphatic heterocycles. The van der Waals surface area contributed by atoms with Crippen molar-refractivity contribution in [3.05, 3.63) is 29.8 Å². The second-order valence-corrected chi connectivity index (χ2v) is 6.72. The zero-order valence-corrected chi connectivity index (χ0v) is 13.9. The van der Waals surface area contributed by atoms with Crippen LogP contribution in [0.3, 0.4) is 0 Å². The molecular weight excluding hydrogens is 290 g/mol. The van der Waals surface area contributed by atoms with Gasteiger partial charge in [0.25, 0.3) is 0 Å². The van der Waals surface area contributed by atoms with Gasteiger partial charge in [0, 0.05) is 57.9 Å². The summed E-state index contributed by atoms with van der Waals surface area (Å²) in [6, 6.07) is 8.61. The number of piperazine rings is 1. The lowest BCUT2D eigenvalue weighted by Gasteiger charge is -2.37. The molecule has 0 spiro atoms. The van der Waals surface area contributed by atoms with E-state index >= 15 is 0 Å². The van der Waals surface area contributed by atoms with E-state index in [1.165, 1.54) is 11.3 Å². The van der Waals surface area contributed by atoms with Gasteiger partial charge in [0.15, 0.2) is 0 Å². The molecule has 0 radical (unpaired) electrons. The molecule has 2 aliphatic rings. The van der Waals surface area contributed by atoms with E-state index in [4.69, 9.17) is 0 Å². The summed E-state index contributed by atoms with van der Waals surface area (Å²) in [4.78, 5) is 18.1. The molecule has 1 amide bonds. The van der Waals surface area contributed by atoms with E-state index in [1.54, 1.807) is 4.90 Å². The van der Waals surface area contributed by atoms with Crippen LogP contribution in [-0.4, -0.2) is 72.7 Å².